The van der Waals surface area contributed by atoms with E-state index in [2.05, 4.69) is 10.6 Å². The van der Waals surface area contributed by atoms with Gasteiger partial charge >= 0.3 is 0 Å². The van der Waals surface area contributed by atoms with E-state index in [0.717, 1.165) is 5.69 Å². The number of anilines is 2. The van der Waals surface area contributed by atoms with Gasteiger partial charge in [0.25, 0.3) is 0 Å². The van der Waals surface area contributed by atoms with Crippen LogP contribution in [0.4, 0.5) is 11.4 Å². The summed E-state index contributed by atoms with van der Waals surface area (Å²) < 4.78 is 15.8. The molecule has 0 saturated carbocycles. The van der Waals surface area contributed by atoms with Crippen LogP contribution in [0.15, 0.2) is 36.4 Å². The lowest BCUT2D eigenvalue weighted by molar-refractivity contribution is -0.115. The number of ketones is 1. The maximum absolute atomic E-state index is 12.2. The molecule has 7 heteroatoms. The lowest BCUT2D eigenvalue weighted by Gasteiger charge is -2.14. The molecule has 0 aliphatic heterocycles. The average Bonchev–Trinajstić information content (AvgIpc) is 2.67. The van der Waals surface area contributed by atoms with E-state index in [1.807, 2.05) is 6.07 Å². The van der Waals surface area contributed by atoms with Crippen molar-refractivity contribution in [1.29, 1.82) is 0 Å². The smallest absolute Gasteiger partial charge is 0.226 e. The van der Waals surface area contributed by atoms with E-state index in [1.54, 1.807) is 30.3 Å². The summed E-state index contributed by atoms with van der Waals surface area (Å²) in [5.74, 6) is 1.22. The van der Waals surface area contributed by atoms with Gasteiger partial charge < -0.3 is 24.8 Å². The number of benzene rings is 2. The molecule has 0 radical (unpaired) electrons. The molecule has 0 aliphatic carbocycles. The molecule has 0 aliphatic rings. The number of hydrogen-bond donors (Lipinski definition) is 2. The third-order valence-electron chi connectivity index (χ3n) is 3.90. The molecule has 2 aromatic rings. The van der Waals surface area contributed by atoms with Crippen LogP contribution in [0.3, 0.4) is 0 Å². The molecular weight excluding hydrogens is 348 g/mol. The van der Waals surface area contributed by atoms with Crippen molar-refractivity contribution in [2.24, 2.45) is 0 Å². The SMILES string of the molecule is COc1cc(NC(=O)CCNc2cccc(C(C)=O)c2)cc(OC)c1OC. The lowest BCUT2D eigenvalue weighted by Crippen LogP contribution is -2.16. The van der Waals surface area contributed by atoms with Gasteiger partial charge in [-0.05, 0) is 19.1 Å². The van der Waals surface area contributed by atoms with Crippen molar-refractivity contribution in [3.8, 4) is 17.2 Å². The van der Waals surface area contributed by atoms with Gasteiger partial charge in [0.1, 0.15) is 0 Å². The summed E-state index contributed by atoms with van der Waals surface area (Å²) in [6, 6.07) is 10.5. The van der Waals surface area contributed by atoms with E-state index >= 15 is 0 Å². The van der Waals surface area contributed by atoms with Crippen LogP contribution >= 0.6 is 0 Å². The van der Waals surface area contributed by atoms with Crippen molar-refractivity contribution in [1.82, 2.24) is 0 Å². The highest BCUT2D eigenvalue weighted by Crippen LogP contribution is 2.39. The molecule has 1 amide bonds. The molecule has 0 unspecified atom stereocenters. The van der Waals surface area contributed by atoms with Crippen LogP contribution < -0.4 is 24.8 Å². The van der Waals surface area contributed by atoms with Crippen molar-refractivity contribution >= 4 is 23.1 Å². The van der Waals surface area contributed by atoms with Gasteiger partial charge in [-0.1, -0.05) is 12.1 Å². The summed E-state index contributed by atoms with van der Waals surface area (Å²) in [6.07, 6.45) is 0.251. The Morgan fingerprint density at radius 1 is 0.926 bits per heavy atom. The summed E-state index contributed by atoms with van der Waals surface area (Å²) in [7, 11) is 4.55. The topological polar surface area (TPSA) is 85.9 Å². The number of carbonyl (C=O) groups is 2. The number of hydrogen-bond acceptors (Lipinski definition) is 6. The molecule has 0 saturated heterocycles. The minimum Gasteiger partial charge on any atom is -0.493 e. The van der Waals surface area contributed by atoms with Crippen LogP contribution in [0.1, 0.15) is 23.7 Å². The Kier molecular flexibility index (Phi) is 7.05. The summed E-state index contributed by atoms with van der Waals surface area (Å²) in [4.78, 5) is 23.6. The fourth-order valence-corrected chi connectivity index (χ4v) is 2.55. The Hall–Kier alpha value is -3.22. The second-order valence-corrected chi connectivity index (χ2v) is 5.78. The second-order valence-electron chi connectivity index (χ2n) is 5.78. The molecule has 7 nitrogen and oxygen atoms in total. The number of methoxy groups -OCH3 is 3. The monoisotopic (exact) mass is 372 g/mol. The van der Waals surface area contributed by atoms with Gasteiger partial charge in [-0.25, -0.2) is 0 Å². The maximum atomic E-state index is 12.2. The molecular formula is C20H24N2O5. The van der Waals surface area contributed by atoms with Crippen LogP contribution in [0.2, 0.25) is 0 Å². The summed E-state index contributed by atoms with van der Waals surface area (Å²) in [5, 5.41) is 5.95. The molecule has 0 heterocycles. The van der Waals surface area contributed by atoms with Gasteiger partial charge in [-0.3, -0.25) is 9.59 Å². The predicted octanol–water partition coefficient (Wildman–Crippen LogP) is 3.36. The third kappa shape index (κ3) is 5.37. The first-order valence-corrected chi connectivity index (χ1v) is 8.43. The average molecular weight is 372 g/mol. The van der Waals surface area contributed by atoms with Gasteiger partial charge in [0.15, 0.2) is 17.3 Å². The zero-order valence-electron chi connectivity index (χ0n) is 15.9. The Morgan fingerprint density at radius 3 is 2.15 bits per heavy atom. The number of nitrogens with one attached hydrogen (secondary N) is 2. The van der Waals surface area contributed by atoms with Gasteiger partial charge in [0, 0.05) is 42.0 Å². The van der Waals surface area contributed by atoms with E-state index in [4.69, 9.17) is 14.2 Å². The minimum atomic E-state index is -0.167. The molecule has 27 heavy (non-hydrogen) atoms. The van der Waals surface area contributed by atoms with Crippen LogP contribution in [-0.2, 0) is 4.79 Å². The Bertz CT molecular complexity index is 795. The summed E-state index contributed by atoms with van der Waals surface area (Å²) >= 11 is 0. The molecule has 0 atom stereocenters. The number of Topliss-reactive ketones (excluding diaryl/α,β-unsaturated/α-hetero) is 1. The first-order chi connectivity index (χ1) is 13.0. The zero-order valence-corrected chi connectivity index (χ0v) is 15.9. The highest BCUT2D eigenvalue weighted by Gasteiger charge is 2.14. The minimum absolute atomic E-state index is 0.00112. The van der Waals surface area contributed by atoms with Crippen molar-refractivity contribution < 1.29 is 23.8 Å². The highest BCUT2D eigenvalue weighted by molar-refractivity contribution is 5.95. The number of amides is 1. The number of carbonyl (C=O) groups excluding carboxylic acids is 2. The van der Waals surface area contributed by atoms with Gasteiger partial charge in [-0.15, -0.1) is 0 Å². The van der Waals surface area contributed by atoms with Crippen molar-refractivity contribution in [3.63, 3.8) is 0 Å². The fourth-order valence-electron chi connectivity index (χ4n) is 2.55. The Labute approximate surface area is 158 Å². The zero-order chi connectivity index (χ0) is 19.8. The molecule has 2 aromatic carbocycles. The first kappa shape index (κ1) is 20.1. The summed E-state index contributed by atoms with van der Waals surface area (Å²) in [5.41, 5.74) is 1.97. The van der Waals surface area contributed by atoms with Gasteiger partial charge in [-0.2, -0.15) is 0 Å². The van der Waals surface area contributed by atoms with Crippen LogP contribution in [0.5, 0.6) is 17.2 Å². The van der Waals surface area contributed by atoms with Crippen LogP contribution in [0, 0.1) is 0 Å². The standard InChI is InChI=1S/C20H24N2O5/c1-13(23)14-6-5-7-15(10-14)21-9-8-19(24)22-16-11-17(25-2)20(27-4)18(12-16)26-3/h5-7,10-12,21H,8-9H2,1-4H3,(H,22,24). The molecule has 0 aromatic heterocycles. The Balaban J connectivity index is 1.96. The number of rotatable bonds is 9. The van der Waals surface area contributed by atoms with Gasteiger partial charge in [0.05, 0.1) is 21.3 Å². The van der Waals surface area contributed by atoms with E-state index in [-0.39, 0.29) is 18.1 Å². The molecule has 0 bridgehead atoms. The van der Waals surface area contributed by atoms with Crippen LogP contribution in [0.25, 0.3) is 0 Å². The van der Waals surface area contributed by atoms with Crippen molar-refractivity contribution in [3.05, 3.63) is 42.0 Å². The molecule has 144 valence electrons. The van der Waals surface area contributed by atoms with Crippen LogP contribution in [-0.4, -0.2) is 39.6 Å². The number of ether oxygens (including phenoxy) is 3. The van der Waals surface area contributed by atoms with Crippen molar-refractivity contribution in [2.75, 3.05) is 38.5 Å². The van der Waals surface area contributed by atoms with E-state index in [0.29, 0.717) is 35.0 Å². The largest absolute Gasteiger partial charge is 0.493 e. The molecule has 0 fully saturated rings. The fraction of sp³-hybridized carbons (Fsp3) is 0.300. The van der Waals surface area contributed by atoms with E-state index in [9.17, 15) is 9.59 Å². The normalized spacial score (nSPS) is 10.1. The van der Waals surface area contributed by atoms with E-state index in [1.165, 1.54) is 28.3 Å². The maximum Gasteiger partial charge on any atom is 0.226 e. The van der Waals surface area contributed by atoms with E-state index < -0.39 is 0 Å². The third-order valence-corrected chi connectivity index (χ3v) is 3.90. The van der Waals surface area contributed by atoms with Crippen molar-refractivity contribution in [2.45, 2.75) is 13.3 Å². The predicted molar refractivity (Wildman–Crippen MR) is 104 cm³/mol. The second kappa shape index (κ2) is 9.47. The first-order valence-electron chi connectivity index (χ1n) is 8.43. The molecule has 2 rings (SSSR count). The molecule has 0 spiro atoms. The quantitative estimate of drug-likeness (QED) is 0.657. The molecule has 2 N–H and O–H groups in total. The summed E-state index contributed by atoms with van der Waals surface area (Å²) in [6.45, 7) is 1.95. The van der Waals surface area contributed by atoms with Gasteiger partial charge in [0.2, 0.25) is 11.7 Å². The highest BCUT2D eigenvalue weighted by atomic mass is 16.5. The lowest BCUT2D eigenvalue weighted by atomic mass is 10.1. The Morgan fingerprint density at radius 2 is 1.59 bits per heavy atom.